The van der Waals surface area contributed by atoms with E-state index in [1.54, 1.807) is 0 Å². The van der Waals surface area contributed by atoms with Gasteiger partial charge in [0.2, 0.25) is 0 Å². The molecule has 2 saturated heterocycles. The molecule has 4 aliphatic rings. The zero-order valence-electron chi connectivity index (χ0n) is 20.1. The van der Waals surface area contributed by atoms with Crippen LogP contribution in [0.4, 0.5) is 0 Å². The van der Waals surface area contributed by atoms with Crippen molar-refractivity contribution in [3.63, 3.8) is 0 Å². The van der Waals surface area contributed by atoms with E-state index >= 15 is 0 Å². The molecule has 3 fully saturated rings. The van der Waals surface area contributed by atoms with E-state index in [1.807, 2.05) is 33.8 Å². The minimum atomic E-state index is -1.11. The molecule has 0 aromatic rings. The number of aliphatic hydroxyl groups excluding tert-OH is 1. The Kier molecular flexibility index (Phi) is 5.90. The fourth-order valence-electron chi connectivity index (χ4n) is 6.26. The number of carbonyl (C=O) groups is 3. The summed E-state index contributed by atoms with van der Waals surface area (Å²) in [7, 11) is 0. The summed E-state index contributed by atoms with van der Waals surface area (Å²) in [5.41, 5.74) is -2.00. The van der Waals surface area contributed by atoms with Crippen molar-refractivity contribution >= 4 is 17.9 Å². The number of esters is 3. The Morgan fingerprint density at radius 2 is 1.88 bits per heavy atom. The van der Waals surface area contributed by atoms with Crippen LogP contribution in [-0.2, 0) is 38.1 Å². The van der Waals surface area contributed by atoms with E-state index in [4.69, 9.17) is 23.7 Å². The minimum absolute atomic E-state index is 0.0617. The van der Waals surface area contributed by atoms with Crippen molar-refractivity contribution in [2.75, 3.05) is 13.2 Å². The van der Waals surface area contributed by atoms with Crippen LogP contribution in [0, 0.1) is 16.7 Å². The van der Waals surface area contributed by atoms with Crippen LogP contribution in [0.25, 0.3) is 0 Å². The molecule has 2 bridgehead atoms. The highest BCUT2D eigenvalue weighted by molar-refractivity contribution is 5.70. The average Bonchev–Trinajstić information content (AvgIpc) is 3.48. The molecule has 2 heterocycles. The third kappa shape index (κ3) is 3.51. The predicted octanol–water partition coefficient (Wildman–Crippen LogP) is 1.69. The summed E-state index contributed by atoms with van der Waals surface area (Å²) >= 11 is 0. The topological polar surface area (TPSA) is 121 Å². The van der Waals surface area contributed by atoms with Crippen LogP contribution >= 0.6 is 0 Å². The lowest BCUT2D eigenvalue weighted by Crippen LogP contribution is -2.68. The van der Waals surface area contributed by atoms with Crippen molar-refractivity contribution in [2.45, 2.75) is 90.5 Å². The highest BCUT2D eigenvalue weighted by Gasteiger charge is 2.86. The summed E-state index contributed by atoms with van der Waals surface area (Å²) in [4.78, 5) is 36.4. The van der Waals surface area contributed by atoms with Crippen LogP contribution < -0.4 is 0 Å². The van der Waals surface area contributed by atoms with E-state index in [-0.39, 0.29) is 31.3 Å². The smallest absolute Gasteiger partial charge is 0.306 e. The van der Waals surface area contributed by atoms with Crippen molar-refractivity contribution in [2.24, 2.45) is 16.7 Å². The molecule has 4 rings (SSSR count). The largest absolute Gasteiger partial charge is 0.465 e. The van der Waals surface area contributed by atoms with Crippen LogP contribution in [-0.4, -0.2) is 72.3 Å². The van der Waals surface area contributed by atoms with Crippen molar-refractivity contribution in [3.05, 3.63) is 11.6 Å². The van der Waals surface area contributed by atoms with Gasteiger partial charge in [0.15, 0.2) is 0 Å². The van der Waals surface area contributed by atoms with Gasteiger partial charge in [-0.1, -0.05) is 26.8 Å². The molecule has 2 aliphatic carbocycles. The maximum absolute atomic E-state index is 12.5. The number of ether oxygens (including phenoxy) is 5. The summed E-state index contributed by atoms with van der Waals surface area (Å²) in [5.74, 6) is -1.18. The number of rotatable bonds is 6. The van der Waals surface area contributed by atoms with Crippen LogP contribution in [0.5, 0.6) is 0 Å². The van der Waals surface area contributed by atoms with Gasteiger partial charge < -0.3 is 28.8 Å². The Labute approximate surface area is 193 Å². The van der Waals surface area contributed by atoms with E-state index in [0.29, 0.717) is 6.61 Å². The summed E-state index contributed by atoms with van der Waals surface area (Å²) in [6.45, 7) is 10.5. The molecular weight excluding hydrogens is 432 g/mol. The number of hydrogen-bond donors (Lipinski definition) is 1. The second kappa shape index (κ2) is 8.06. The van der Waals surface area contributed by atoms with E-state index in [1.165, 1.54) is 13.8 Å². The molecule has 33 heavy (non-hydrogen) atoms. The first-order valence-electron chi connectivity index (χ1n) is 11.5. The molecule has 0 radical (unpaired) electrons. The first-order valence-corrected chi connectivity index (χ1v) is 11.5. The predicted molar refractivity (Wildman–Crippen MR) is 114 cm³/mol. The maximum Gasteiger partial charge on any atom is 0.306 e. The van der Waals surface area contributed by atoms with Crippen molar-refractivity contribution in [1.82, 2.24) is 0 Å². The summed E-state index contributed by atoms with van der Waals surface area (Å²) < 4.78 is 29.4. The van der Waals surface area contributed by atoms with Crippen LogP contribution in [0.1, 0.15) is 54.4 Å². The fourth-order valence-corrected chi connectivity index (χ4v) is 6.26. The summed E-state index contributed by atoms with van der Waals surface area (Å²) in [6, 6.07) is 0. The second-order valence-electron chi connectivity index (χ2n) is 10.5. The van der Waals surface area contributed by atoms with Gasteiger partial charge in [0.05, 0.1) is 23.5 Å². The van der Waals surface area contributed by atoms with Gasteiger partial charge in [-0.25, -0.2) is 0 Å². The molecule has 184 valence electrons. The quantitative estimate of drug-likeness (QED) is 0.270. The van der Waals surface area contributed by atoms with Crippen LogP contribution in [0.15, 0.2) is 11.6 Å². The summed E-state index contributed by atoms with van der Waals surface area (Å²) in [6.07, 6.45) is -1.46. The third-order valence-electron chi connectivity index (χ3n) is 8.00. The van der Waals surface area contributed by atoms with Gasteiger partial charge in [0.1, 0.15) is 36.6 Å². The molecule has 0 unspecified atom stereocenters. The molecule has 9 heteroatoms. The lowest BCUT2D eigenvalue weighted by molar-refractivity contribution is -0.241. The highest BCUT2D eigenvalue weighted by Crippen LogP contribution is 2.72. The van der Waals surface area contributed by atoms with E-state index in [2.05, 4.69) is 0 Å². The highest BCUT2D eigenvalue weighted by atomic mass is 16.7. The molecule has 2 aliphatic heterocycles. The van der Waals surface area contributed by atoms with Crippen molar-refractivity contribution in [1.29, 1.82) is 0 Å². The van der Waals surface area contributed by atoms with Gasteiger partial charge >= 0.3 is 17.9 Å². The number of fused-ring (bicyclic) bond motifs is 2. The lowest BCUT2D eigenvalue weighted by Gasteiger charge is -2.58. The van der Waals surface area contributed by atoms with Crippen molar-refractivity contribution < 1.29 is 43.2 Å². The monoisotopic (exact) mass is 466 g/mol. The van der Waals surface area contributed by atoms with Crippen LogP contribution in [0.2, 0.25) is 0 Å². The fraction of sp³-hybridized carbons (Fsp3) is 0.792. The average molecular weight is 467 g/mol. The second-order valence-corrected chi connectivity index (χ2v) is 10.5. The molecule has 0 aromatic heterocycles. The van der Waals surface area contributed by atoms with Gasteiger partial charge in [0, 0.05) is 26.7 Å². The zero-order valence-corrected chi connectivity index (χ0v) is 20.1. The number of carbonyl (C=O) groups excluding carboxylic acids is 3. The van der Waals surface area contributed by atoms with Crippen LogP contribution in [0.3, 0.4) is 0 Å². The molecule has 0 aromatic carbocycles. The summed E-state index contributed by atoms with van der Waals surface area (Å²) in [5, 5.41) is 11.2. The van der Waals surface area contributed by atoms with E-state index < -0.39 is 58.9 Å². The molecular formula is C24H34O9. The number of epoxide rings is 1. The maximum atomic E-state index is 12.5. The van der Waals surface area contributed by atoms with Gasteiger partial charge in [0.25, 0.3) is 0 Å². The Morgan fingerprint density at radius 3 is 2.42 bits per heavy atom. The number of hydrogen-bond acceptors (Lipinski definition) is 9. The Bertz CT molecular complexity index is 875. The van der Waals surface area contributed by atoms with E-state index in [0.717, 1.165) is 5.57 Å². The molecule has 8 atom stereocenters. The zero-order chi connectivity index (χ0) is 24.3. The Balaban J connectivity index is 1.79. The third-order valence-corrected chi connectivity index (χ3v) is 8.00. The Hall–Kier alpha value is -1.97. The SMILES string of the molecule is CC(=O)OC[C@]12C[C@H](OC(=O)CC(C)C)C(C)=C[C@H]1O[C@@H]1[C@H](O)[C@@H](OC(C)=O)[C@@]2(C)[C@@]12CO2. The lowest BCUT2D eigenvalue weighted by atomic mass is 9.51. The van der Waals surface area contributed by atoms with Gasteiger partial charge in [-0.3, -0.25) is 14.4 Å². The molecule has 0 amide bonds. The van der Waals surface area contributed by atoms with Gasteiger partial charge in [-0.2, -0.15) is 0 Å². The first kappa shape index (κ1) is 24.2. The standard InChI is InChI=1S/C24H34O9/c1-12(2)7-18(27)32-16-9-23(10-29-14(4)25)17(8-13(16)3)33-21-19(28)20(31-15(5)26)22(23,6)24(21)11-30-24/h8,12,16-17,19-21,28H,7,9-11H2,1-6H3/t16-,17+,19+,20+,21+,22+,23+,24+/m0/s1. The number of aliphatic hydroxyl groups is 1. The minimum Gasteiger partial charge on any atom is -0.465 e. The molecule has 1 N–H and O–H groups in total. The van der Waals surface area contributed by atoms with Crippen molar-refractivity contribution in [3.8, 4) is 0 Å². The Morgan fingerprint density at radius 1 is 1.21 bits per heavy atom. The molecule has 9 nitrogen and oxygen atoms in total. The van der Waals surface area contributed by atoms with Gasteiger partial charge in [-0.05, 0) is 18.4 Å². The van der Waals surface area contributed by atoms with E-state index in [9.17, 15) is 19.5 Å². The normalized spacial score (nSPS) is 43.0. The van der Waals surface area contributed by atoms with Gasteiger partial charge in [-0.15, -0.1) is 0 Å². The molecule has 1 spiro atoms. The molecule has 1 saturated carbocycles. The first-order chi connectivity index (χ1) is 15.4.